The summed E-state index contributed by atoms with van der Waals surface area (Å²) in [5, 5.41) is 25.9. The zero-order chi connectivity index (χ0) is 12.7. The molecule has 3 N–H and O–H groups in total. The molecule has 0 radical (unpaired) electrons. The Bertz CT molecular complexity index is 272. The molecule has 0 amide bonds. The molecule has 0 aliphatic heterocycles. The Kier molecular flexibility index (Phi) is 6.14. The summed E-state index contributed by atoms with van der Waals surface area (Å²) < 4.78 is 0. The molecule has 0 heterocycles. The van der Waals surface area contributed by atoms with Crippen LogP contribution in [0.1, 0.15) is 32.6 Å². The van der Waals surface area contributed by atoms with Gasteiger partial charge < -0.3 is 15.3 Å². The third-order valence-electron chi connectivity index (χ3n) is 2.35. The Morgan fingerprint density at radius 3 is 2.00 bits per heavy atom. The van der Waals surface area contributed by atoms with Gasteiger partial charge >= 0.3 is 17.9 Å². The van der Waals surface area contributed by atoms with Crippen LogP contribution in [0.4, 0.5) is 0 Å². The van der Waals surface area contributed by atoms with E-state index < -0.39 is 29.7 Å². The molecule has 2 atom stereocenters. The van der Waals surface area contributed by atoms with Crippen molar-refractivity contribution in [2.45, 2.75) is 32.6 Å². The fraction of sp³-hybridized carbons (Fsp3) is 0.700. The van der Waals surface area contributed by atoms with Crippen molar-refractivity contribution in [2.24, 2.45) is 11.8 Å². The second-order valence-corrected chi connectivity index (χ2v) is 3.80. The van der Waals surface area contributed by atoms with Crippen LogP contribution in [-0.4, -0.2) is 33.2 Å². The highest BCUT2D eigenvalue weighted by Gasteiger charge is 2.23. The molecule has 16 heavy (non-hydrogen) atoms. The van der Waals surface area contributed by atoms with Gasteiger partial charge in [0, 0.05) is 6.42 Å². The summed E-state index contributed by atoms with van der Waals surface area (Å²) in [5.74, 6) is -4.60. The van der Waals surface area contributed by atoms with Crippen molar-refractivity contribution in [3.8, 4) is 0 Å². The zero-order valence-corrected chi connectivity index (χ0v) is 9.05. The van der Waals surface area contributed by atoms with Crippen LogP contribution in [0.3, 0.4) is 0 Å². The molecule has 6 heteroatoms. The normalized spacial score (nSPS) is 14.1. The van der Waals surface area contributed by atoms with Gasteiger partial charge in [-0.3, -0.25) is 14.4 Å². The molecule has 0 saturated heterocycles. The molecule has 0 aromatic rings. The maximum absolute atomic E-state index is 10.8. The van der Waals surface area contributed by atoms with E-state index in [0.717, 1.165) is 0 Å². The summed E-state index contributed by atoms with van der Waals surface area (Å²) >= 11 is 0. The monoisotopic (exact) mass is 232 g/mol. The van der Waals surface area contributed by atoms with E-state index in [1.807, 2.05) is 0 Å². The summed E-state index contributed by atoms with van der Waals surface area (Å²) in [4.78, 5) is 31.6. The van der Waals surface area contributed by atoms with Crippen molar-refractivity contribution in [1.29, 1.82) is 0 Å². The van der Waals surface area contributed by atoms with Gasteiger partial charge in [-0.05, 0) is 19.3 Å². The van der Waals surface area contributed by atoms with Gasteiger partial charge in [0.15, 0.2) is 0 Å². The highest BCUT2D eigenvalue weighted by atomic mass is 16.4. The number of carboxylic acids is 3. The molecule has 0 aliphatic carbocycles. The summed E-state index contributed by atoms with van der Waals surface area (Å²) in [7, 11) is 0. The van der Waals surface area contributed by atoms with Crippen molar-refractivity contribution < 1.29 is 29.7 Å². The van der Waals surface area contributed by atoms with E-state index in [2.05, 4.69) is 0 Å². The topological polar surface area (TPSA) is 112 Å². The van der Waals surface area contributed by atoms with Gasteiger partial charge in [-0.1, -0.05) is 6.92 Å². The largest absolute Gasteiger partial charge is 0.481 e. The Labute approximate surface area is 92.9 Å². The first-order valence-electron chi connectivity index (χ1n) is 5.02. The minimum atomic E-state index is -1.07. The Morgan fingerprint density at radius 2 is 1.62 bits per heavy atom. The minimum absolute atomic E-state index is 0.0320. The van der Waals surface area contributed by atoms with Crippen LogP contribution in [0.15, 0.2) is 0 Å². The number of carboxylic acid groups (broad SMARTS) is 3. The summed E-state index contributed by atoms with van der Waals surface area (Å²) in [6.07, 6.45) is 0.382. The van der Waals surface area contributed by atoms with Crippen LogP contribution in [0.2, 0.25) is 0 Å². The first kappa shape index (κ1) is 14.4. The lowest BCUT2D eigenvalue weighted by atomic mass is 9.91. The van der Waals surface area contributed by atoms with E-state index in [9.17, 15) is 14.4 Å². The second kappa shape index (κ2) is 6.81. The fourth-order valence-electron chi connectivity index (χ4n) is 1.37. The molecular weight excluding hydrogens is 216 g/mol. The smallest absolute Gasteiger partial charge is 0.306 e. The van der Waals surface area contributed by atoms with Crippen molar-refractivity contribution in [3.63, 3.8) is 0 Å². The third kappa shape index (κ3) is 6.00. The standard InChI is InChI=1S/C10H16O6/c1-6(9(13)14)5-7(10(15)16)3-2-4-8(11)12/h6-7H,2-5H2,1H3,(H,11,12)(H,13,14)(H,15,16). The van der Waals surface area contributed by atoms with E-state index in [1.165, 1.54) is 6.92 Å². The average Bonchev–Trinajstić information content (AvgIpc) is 2.14. The predicted molar refractivity (Wildman–Crippen MR) is 54.0 cm³/mol. The van der Waals surface area contributed by atoms with Crippen molar-refractivity contribution in [3.05, 3.63) is 0 Å². The third-order valence-corrected chi connectivity index (χ3v) is 2.35. The second-order valence-electron chi connectivity index (χ2n) is 3.80. The van der Waals surface area contributed by atoms with Crippen LogP contribution >= 0.6 is 0 Å². The Hall–Kier alpha value is -1.59. The van der Waals surface area contributed by atoms with Crippen molar-refractivity contribution >= 4 is 17.9 Å². The Morgan fingerprint density at radius 1 is 1.06 bits per heavy atom. The summed E-state index contributed by atoms with van der Waals surface area (Å²) in [5.41, 5.74) is 0. The number of hydrogen-bond acceptors (Lipinski definition) is 3. The van der Waals surface area contributed by atoms with Crippen LogP contribution in [0.25, 0.3) is 0 Å². The average molecular weight is 232 g/mol. The first-order chi connectivity index (χ1) is 7.34. The molecular formula is C10H16O6. The minimum Gasteiger partial charge on any atom is -0.481 e. The Balaban J connectivity index is 4.13. The van der Waals surface area contributed by atoms with Crippen LogP contribution in [0, 0.1) is 11.8 Å². The van der Waals surface area contributed by atoms with Crippen molar-refractivity contribution in [1.82, 2.24) is 0 Å². The molecule has 0 aromatic carbocycles. The van der Waals surface area contributed by atoms with Gasteiger partial charge in [0.2, 0.25) is 0 Å². The molecule has 92 valence electrons. The molecule has 0 aliphatic rings. The molecule has 2 unspecified atom stereocenters. The maximum Gasteiger partial charge on any atom is 0.306 e. The molecule has 0 rings (SSSR count). The molecule has 0 saturated carbocycles. The summed E-state index contributed by atoms with van der Waals surface area (Å²) in [6, 6.07) is 0. The zero-order valence-electron chi connectivity index (χ0n) is 9.05. The van der Waals surface area contributed by atoms with E-state index >= 15 is 0 Å². The van der Waals surface area contributed by atoms with Crippen molar-refractivity contribution in [2.75, 3.05) is 0 Å². The number of carbonyl (C=O) groups is 3. The first-order valence-corrected chi connectivity index (χ1v) is 5.02. The van der Waals surface area contributed by atoms with E-state index in [4.69, 9.17) is 15.3 Å². The van der Waals surface area contributed by atoms with E-state index in [0.29, 0.717) is 0 Å². The van der Waals surface area contributed by atoms with E-state index in [-0.39, 0.29) is 25.7 Å². The lowest BCUT2D eigenvalue weighted by molar-refractivity contribution is -0.146. The summed E-state index contributed by atoms with van der Waals surface area (Å²) in [6.45, 7) is 1.44. The maximum atomic E-state index is 10.8. The SMILES string of the molecule is CC(CC(CCCC(=O)O)C(=O)O)C(=O)O. The fourth-order valence-corrected chi connectivity index (χ4v) is 1.37. The number of hydrogen-bond donors (Lipinski definition) is 3. The number of rotatable bonds is 8. The number of aliphatic carboxylic acids is 3. The highest BCUT2D eigenvalue weighted by Crippen LogP contribution is 2.19. The molecule has 0 fully saturated rings. The molecule has 0 bridgehead atoms. The van der Waals surface area contributed by atoms with Crippen LogP contribution in [-0.2, 0) is 14.4 Å². The van der Waals surface area contributed by atoms with Crippen LogP contribution in [0.5, 0.6) is 0 Å². The lowest BCUT2D eigenvalue weighted by Gasteiger charge is -2.14. The molecule has 0 spiro atoms. The van der Waals surface area contributed by atoms with Gasteiger partial charge in [0.25, 0.3) is 0 Å². The quantitative estimate of drug-likeness (QED) is 0.576. The van der Waals surface area contributed by atoms with Gasteiger partial charge in [-0.25, -0.2) is 0 Å². The molecule has 6 nitrogen and oxygen atoms in total. The van der Waals surface area contributed by atoms with Crippen LogP contribution < -0.4 is 0 Å². The van der Waals surface area contributed by atoms with E-state index in [1.54, 1.807) is 0 Å². The highest BCUT2D eigenvalue weighted by molar-refractivity contribution is 5.73. The lowest BCUT2D eigenvalue weighted by Crippen LogP contribution is -2.21. The molecule has 0 aromatic heterocycles. The van der Waals surface area contributed by atoms with Gasteiger partial charge in [-0.2, -0.15) is 0 Å². The van der Waals surface area contributed by atoms with Gasteiger partial charge in [0.1, 0.15) is 0 Å². The predicted octanol–water partition coefficient (Wildman–Crippen LogP) is 1.05. The van der Waals surface area contributed by atoms with Gasteiger partial charge in [0.05, 0.1) is 11.8 Å². The van der Waals surface area contributed by atoms with Gasteiger partial charge in [-0.15, -0.1) is 0 Å².